The first-order chi connectivity index (χ1) is 26.5. The maximum absolute atomic E-state index is 14.0. The van der Waals surface area contributed by atoms with Crippen LogP contribution in [0.25, 0.3) is 11.1 Å². The molecule has 0 saturated carbocycles. The fraction of sp³-hybridized carbons (Fsp3) is 0.280. The predicted molar refractivity (Wildman–Crippen MR) is 239 cm³/mol. The predicted octanol–water partition coefficient (Wildman–Crippen LogP) is 10.5. The molecule has 0 amide bonds. The van der Waals surface area contributed by atoms with E-state index in [1.165, 1.54) is 60.4 Å². The fourth-order valence-corrected chi connectivity index (χ4v) is 16.4. The second kappa shape index (κ2) is 13.3. The number of anilines is 2. The lowest BCUT2D eigenvalue weighted by atomic mass is 9.67. The summed E-state index contributed by atoms with van der Waals surface area (Å²) in [7, 11) is -1.55. The summed E-state index contributed by atoms with van der Waals surface area (Å²) in [6.07, 6.45) is 9.30. The maximum Gasteiger partial charge on any atom is 0.183 e. The van der Waals surface area contributed by atoms with Crippen molar-refractivity contribution in [3.05, 3.63) is 160 Å². The molecule has 0 radical (unpaired) electrons. The van der Waals surface area contributed by atoms with Crippen LogP contribution < -0.4 is 27.4 Å². The van der Waals surface area contributed by atoms with Crippen LogP contribution in [0.3, 0.4) is 0 Å². The summed E-state index contributed by atoms with van der Waals surface area (Å²) < 4.78 is 0. The van der Waals surface area contributed by atoms with Crippen LogP contribution in [0, 0.1) is 5.92 Å². The van der Waals surface area contributed by atoms with E-state index in [4.69, 9.17) is 11.5 Å². The number of hydrogen-bond donors (Lipinski definition) is 2. The van der Waals surface area contributed by atoms with Gasteiger partial charge in [-0.05, 0) is 99.9 Å². The van der Waals surface area contributed by atoms with E-state index in [2.05, 4.69) is 158 Å². The molecule has 0 bridgehead atoms. The highest BCUT2D eigenvalue weighted by molar-refractivity contribution is 7.74. The number of rotatable bonds is 6. The zero-order chi connectivity index (χ0) is 38.5. The average molecular weight is 758 g/mol. The van der Waals surface area contributed by atoms with Crippen molar-refractivity contribution in [1.82, 2.24) is 0 Å². The van der Waals surface area contributed by atoms with Gasteiger partial charge in [0.15, 0.2) is 11.1 Å². The number of benzene rings is 5. The summed E-state index contributed by atoms with van der Waals surface area (Å²) in [5, 5.41) is 5.13. The molecule has 1 spiro atoms. The molecule has 4 aliphatic rings. The number of nitrogen functional groups attached to an aromatic ring is 2. The van der Waals surface area contributed by atoms with E-state index in [-0.39, 0.29) is 23.3 Å². The summed E-state index contributed by atoms with van der Waals surface area (Å²) in [4.78, 5) is 14.0. The Hall–Kier alpha value is -4.55. The van der Waals surface area contributed by atoms with Gasteiger partial charge < -0.3 is 11.5 Å². The van der Waals surface area contributed by atoms with Gasteiger partial charge in [-0.25, -0.2) is 0 Å². The van der Waals surface area contributed by atoms with E-state index in [0.717, 1.165) is 34.2 Å². The molecule has 3 nitrogen and oxygen atoms in total. The van der Waals surface area contributed by atoms with E-state index < -0.39 is 20.9 Å². The second-order valence-electron chi connectivity index (χ2n) is 16.8. The molecule has 5 aromatic rings. The zero-order valence-corrected chi connectivity index (χ0v) is 34.8. The normalized spacial score (nSPS) is 21.5. The Morgan fingerprint density at radius 2 is 1.35 bits per heavy atom. The van der Waals surface area contributed by atoms with Crippen LogP contribution in [0.15, 0.2) is 115 Å². The molecule has 9 rings (SSSR count). The molecular weight excluding hydrogens is 707 g/mol. The zero-order valence-electron chi connectivity index (χ0n) is 33.0. The molecule has 0 fully saturated rings. The summed E-state index contributed by atoms with van der Waals surface area (Å²) in [5.74, 6) is 0.578. The topological polar surface area (TPSA) is 69.1 Å². The van der Waals surface area contributed by atoms with Crippen molar-refractivity contribution < 1.29 is 4.79 Å². The molecule has 0 saturated heterocycles. The fourth-order valence-electron chi connectivity index (χ4n) is 10.3. The maximum atomic E-state index is 14.0. The van der Waals surface area contributed by atoms with E-state index >= 15 is 0 Å². The number of allylic oxidation sites excluding steroid dienone is 4. The van der Waals surface area contributed by atoms with Gasteiger partial charge in [-0.15, -0.1) is 0 Å². The highest BCUT2D eigenvalue weighted by atomic mass is 31.1. The molecule has 2 heterocycles. The van der Waals surface area contributed by atoms with Crippen LogP contribution >= 0.6 is 15.5 Å². The van der Waals surface area contributed by atoms with Gasteiger partial charge in [0.05, 0.1) is 16.7 Å². The lowest BCUT2D eigenvalue weighted by Gasteiger charge is -2.45. The Kier molecular flexibility index (Phi) is 8.73. The minimum atomic E-state index is -0.868. The summed E-state index contributed by atoms with van der Waals surface area (Å²) in [5.41, 5.74) is 29.0. The number of nitrogens with two attached hydrogens (primary N) is 2. The average Bonchev–Trinajstić information content (AvgIpc) is 3.45. The third kappa shape index (κ3) is 5.12. The minimum absolute atomic E-state index is 0.174. The van der Waals surface area contributed by atoms with Crippen molar-refractivity contribution in [2.45, 2.75) is 83.5 Å². The van der Waals surface area contributed by atoms with E-state index in [1.807, 2.05) is 6.08 Å². The van der Waals surface area contributed by atoms with Crippen molar-refractivity contribution in [2.75, 3.05) is 11.5 Å². The number of hydrogen-bond acceptors (Lipinski definition) is 3. The number of carbonyl (C=O) groups excluding carboxylic acids is 1. The van der Waals surface area contributed by atoms with Crippen LogP contribution in [0.4, 0.5) is 11.4 Å². The molecule has 4 N–H and O–H groups in total. The molecular formula is C50H51N2OP2+. The molecule has 5 unspecified atom stereocenters. The Morgan fingerprint density at radius 3 is 2.09 bits per heavy atom. The molecule has 5 aromatic carbocycles. The van der Waals surface area contributed by atoms with E-state index in [0.29, 0.717) is 11.6 Å². The second-order valence-corrected chi connectivity index (χ2v) is 22.1. The van der Waals surface area contributed by atoms with Crippen LogP contribution in [-0.4, -0.2) is 22.4 Å². The van der Waals surface area contributed by atoms with Crippen molar-refractivity contribution in [3.8, 4) is 11.1 Å². The molecule has 5 heteroatoms. The highest BCUT2D eigenvalue weighted by Gasteiger charge is 2.53. The minimum Gasteiger partial charge on any atom is -0.398 e. The Bertz CT molecular complexity index is 2540. The lowest BCUT2D eigenvalue weighted by molar-refractivity contribution is 0.0974. The first-order valence-electron chi connectivity index (χ1n) is 20.0. The quantitative estimate of drug-likeness (QED) is 0.131. The molecule has 5 atom stereocenters. The summed E-state index contributed by atoms with van der Waals surface area (Å²) in [6, 6.07) is 34.5. The third-order valence-corrected chi connectivity index (χ3v) is 18.5. The number of Topliss-reactive ketones (excluding diaryl/α,β-unsaturated/α-hetero) is 1. The van der Waals surface area contributed by atoms with E-state index in [9.17, 15) is 4.79 Å². The Labute approximate surface area is 329 Å². The lowest BCUT2D eigenvalue weighted by Crippen LogP contribution is -2.44. The molecule has 0 aromatic heterocycles. The Balaban J connectivity index is 1.23. The van der Waals surface area contributed by atoms with Gasteiger partial charge in [-0.1, -0.05) is 145 Å². The van der Waals surface area contributed by atoms with Crippen LogP contribution in [0.5, 0.6) is 0 Å². The standard InChI is InChI=1S/C50H51N2OP2/c1-28(2)33-21-22-37-47(53)36-15-9-12-18-43(36)55(48(37)45(33)51)31(7)26-32-20-24-40-38(27-32)35-14-8-10-16-39(35)50(40)41-17-11-13-19-44(41)54(30(5)6)49-42(50)25-23-34(29(3)4)46(49)52/h8-25,27-31,36H,26,51-52H2,1-7H3/q+1. The van der Waals surface area contributed by atoms with Crippen molar-refractivity contribution >= 4 is 53.8 Å². The first-order valence-corrected chi connectivity index (χ1v) is 22.8. The third-order valence-electron chi connectivity index (χ3n) is 12.6. The van der Waals surface area contributed by atoms with Crippen LogP contribution in [-0.2, 0) is 11.8 Å². The van der Waals surface area contributed by atoms with Gasteiger partial charge in [0, 0.05) is 17.4 Å². The largest absolute Gasteiger partial charge is 0.398 e. The van der Waals surface area contributed by atoms with Gasteiger partial charge in [0.1, 0.15) is 24.4 Å². The van der Waals surface area contributed by atoms with Crippen molar-refractivity contribution in [1.29, 1.82) is 0 Å². The summed E-state index contributed by atoms with van der Waals surface area (Å²) >= 11 is 0. The van der Waals surface area contributed by atoms with Gasteiger partial charge in [0.2, 0.25) is 0 Å². The highest BCUT2D eigenvalue weighted by Crippen LogP contribution is 2.62. The molecule has 55 heavy (non-hydrogen) atoms. The molecule has 2 aliphatic heterocycles. The van der Waals surface area contributed by atoms with Gasteiger partial charge in [-0.2, -0.15) is 0 Å². The van der Waals surface area contributed by atoms with Crippen LogP contribution in [0.1, 0.15) is 110 Å². The monoisotopic (exact) mass is 757 g/mol. The van der Waals surface area contributed by atoms with Gasteiger partial charge in [0.25, 0.3) is 0 Å². The number of carbonyl (C=O) groups is 1. The first kappa shape index (κ1) is 36.1. The number of ketones is 1. The SMILES string of the molecule is CC(C)c1ccc2c(c1N)P(C(C)C)c1ccccc1C21c2ccccc2-c2cc(CC(C)[P+]3=C4C=CC=CC4C(=O)c4ccc(C(C)C)c(N)c43)ccc21. The molecule has 2 aliphatic carbocycles. The number of fused-ring (bicyclic) bond motifs is 11. The van der Waals surface area contributed by atoms with Crippen LogP contribution in [0.2, 0.25) is 0 Å². The van der Waals surface area contributed by atoms with Gasteiger partial charge in [-0.3, -0.25) is 4.79 Å². The molecule has 276 valence electrons. The van der Waals surface area contributed by atoms with E-state index in [1.54, 1.807) is 0 Å². The van der Waals surface area contributed by atoms with Crippen molar-refractivity contribution in [2.24, 2.45) is 5.92 Å². The summed E-state index contributed by atoms with van der Waals surface area (Å²) in [6.45, 7) is 16.0. The van der Waals surface area contributed by atoms with Crippen molar-refractivity contribution in [3.63, 3.8) is 0 Å². The van der Waals surface area contributed by atoms with Gasteiger partial charge >= 0.3 is 0 Å². The smallest absolute Gasteiger partial charge is 0.183 e. The Morgan fingerprint density at radius 1 is 0.691 bits per heavy atom.